The van der Waals surface area contributed by atoms with Gasteiger partial charge in [-0.25, -0.2) is 4.39 Å². The topological polar surface area (TPSA) is 57.6 Å². The summed E-state index contributed by atoms with van der Waals surface area (Å²) in [5, 5.41) is 10.9. The summed E-state index contributed by atoms with van der Waals surface area (Å²) in [6, 6.07) is 11.3. The Kier molecular flexibility index (Phi) is 5.33. The molecule has 4 nitrogen and oxygen atoms in total. The minimum atomic E-state index is -0.845. The zero-order chi connectivity index (χ0) is 19.7. The Balaban J connectivity index is 2.15. The van der Waals surface area contributed by atoms with Gasteiger partial charge in [-0.2, -0.15) is 0 Å². The molecule has 1 atom stereocenters. The lowest BCUT2D eigenvalue weighted by Gasteiger charge is -2.27. The average Bonchev–Trinajstić information content (AvgIpc) is 2.86. The second-order valence-corrected chi connectivity index (χ2v) is 7.33. The van der Waals surface area contributed by atoms with Crippen LogP contribution in [-0.4, -0.2) is 16.8 Å². The van der Waals surface area contributed by atoms with Gasteiger partial charge in [-0.3, -0.25) is 14.5 Å². The fraction of sp³-hybridized carbons (Fsp3) is 0.238. The number of hydrogen-bond acceptors (Lipinski definition) is 3. The van der Waals surface area contributed by atoms with Crippen LogP contribution in [0.2, 0.25) is 5.02 Å². The Morgan fingerprint density at radius 3 is 2.48 bits per heavy atom. The second kappa shape index (κ2) is 7.53. The van der Waals surface area contributed by atoms with Gasteiger partial charge < -0.3 is 5.11 Å². The van der Waals surface area contributed by atoms with Crippen molar-refractivity contribution in [3.8, 4) is 0 Å². The molecule has 0 aromatic heterocycles. The minimum absolute atomic E-state index is 0.0280. The van der Waals surface area contributed by atoms with Crippen LogP contribution in [0.15, 0.2) is 59.9 Å². The Bertz CT molecular complexity index is 921. The first-order valence-corrected chi connectivity index (χ1v) is 8.98. The van der Waals surface area contributed by atoms with Crippen molar-refractivity contribution >= 4 is 29.0 Å². The van der Waals surface area contributed by atoms with Crippen LogP contribution in [0.4, 0.5) is 10.1 Å². The first kappa shape index (κ1) is 19.1. The van der Waals surface area contributed by atoms with Crippen molar-refractivity contribution in [3.05, 3.63) is 76.3 Å². The van der Waals surface area contributed by atoms with Gasteiger partial charge in [0.05, 0.1) is 11.6 Å². The molecule has 2 aromatic rings. The molecule has 0 spiro atoms. The third-order valence-electron chi connectivity index (χ3n) is 4.37. The van der Waals surface area contributed by atoms with Gasteiger partial charge in [-0.05, 0) is 41.8 Å². The van der Waals surface area contributed by atoms with Crippen LogP contribution < -0.4 is 4.90 Å². The maximum Gasteiger partial charge on any atom is 0.294 e. The van der Waals surface area contributed by atoms with Crippen LogP contribution in [0.3, 0.4) is 0 Å². The van der Waals surface area contributed by atoms with Crippen molar-refractivity contribution in [3.63, 3.8) is 0 Å². The maximum atomic E-state index is 13.4. The Morgan fingerprint density at radius 1 is 1.22 bits per heavy atom. The number of carbonyl (C=O) groups is 2. The molecule has 0 aliphatic carbocycles. The predicted molar refractivity (Wildman–Crippen MR) is 102 cm³/mol. The molecule has 0 saturated carbocycles. The summed E-state index contributed by atoms with van der Waals surface area (Å²) in [4.78, 5) is 26.9. The fourth-order valence-electron chi connectivity index (χ4n) is 3.22. The third kappa shape index (κ3) is 3.74. The molecule has 0 bridgehead atoms. The fourth-order valence-corrected chi connectivity index (χ4v) is 3.41. The number of aliphatic hydroxyl groups excluding tert-OH is 1. The molecule has 1 aliphatic rings. The molecule has 27 heavy (non-hydrogen) atoms. The lowest BCUT2D eigenvalue weighted by molar-refractivity contribution is -0.118. The molecule has 0 fully saturated rings. The summed E-state index contributed by atoms with van der Waals surface area (Å²) in [5.74, 6) is -1.94. The summed E-state index contributed by atoms with van der Waals surface area (Å²) in [7, 11) is 0. The van der Waals surface area contributed by atoms with Crippen LogP contribution in [0.5, 0.6) is 0 Å². The van der Waals surface area contributed by atoms with Crippen molar-refractivity contribution in [1.82, 2.24) is 0 Å². The smallest absolute Gasteiger partial charge is 0.294 e. The van der Waals surface area contributed by atoms with E-state index in [9.17, 15) is 19.1 Å². The number of anilines is 1. The molecule has 1 unspecified atom stereocenters. The number of hydrogen-bond donors (Lipinski definition) is 1. The van der Waals surface area contributed by atoms with Gasteiger partial charge in [0.2, 0.25) is 0 Å². The highest BCUT2D eigenvalue weighted by Crippen LogP contribution is 2.42. The van der Waals surface area contributed by atoms with Gasteiger partial charge in [-0.1, -0.05) is 43.6 Å². The van der Waals surface area contributed by atoms with Crippen LogP contribution >= 0.6 is 11.6 Å². The van der Waals surface area contributed by atoms with Crippen LogP contribution in [-0.2, 0) is 9.59 Å². The molecule has 1 aliphatic heterocycles. The molecule has 0 radical (unpaired) electrons. The zero-order valence-corrected chi connectivity index (χ0v) is 15.7. The lowest BCUT2D eigenvalue weighted by Crippen LogP contribution is -2.31. The molecule has 0 saturated heterocycles. The number of benzene rings is 2. The quantitative estimate of drug-likeness (QED) is 0.785. The number of nitrogens with zero attached hydrogens (tertiary/aromatic N) is 1. The molecule has 2 aromatic carbocycles. The lowest BCUT2D eigenvalue weighted by atomic mass is 9.92. The largest absolute Gasteiger partial charge is 0.503 e. The van der Waals surface area contributed by atoms with Crippen molar-refractivity contribution < 1.29 is 19.1 Å². The summed E-state index contributed by atoms with van der Waals surface area (Å²) in [6.07, 6.45) is 0.188. The highest BCUT2D eigenvalue weighted by Gasteiger charge is 2.44. The van der Waals surface area contributed by atoms with E-state index >= 15 is 0 Å². The molecule has 1 N–H and O–H groups in total. The molecule has 1 amide bonds. The highest BCUT2D eigenvalue weighted by molar-refractivity contribution is 6.31. The van der Waals surface area contributed by atoms with Crippen LogP contribution in [0, 0.1) is 11.7 Å². The first-order chi connectivity index (χ1) is 12.8. The summed E-state index contributed by atoms with van der Waals surface area (Å²) in [6.45, 7) is 3.77. The highest BCUT2D eigenvalue weighted by atomic mass is 35.5. The number of Topliss-reactive ketones (excluding diaryl/α,β-unsaturated/α-hetero) is 1. The number of rotatable bonds is 5. The first-order valence-electron chi connectivity index (χ1n) is 8.60. The SMILES string of the molecule is CC(C)CC(=O)C1=C(O)C(=O)N(c2cccc(Cl)c2)C1c1ccc(F)cc1. The number of carbonyl (C=O) groups excluding carboxylic acids is 2. The van der Waals surface area contributed by atoms with Crippen molar-refractivity contribution in [2.45, 2.75) is 26.3 Å². The Labute approximate surface area is 161 Å². The molecule has 6 heteroatoms. The van der Waals surface area contributed by atoms with E-state index in [1.54, 1.807) is 24.3 Å². The predicted octanol–water partition coefficient (Wildman–Crippen LogP) is 4.99. The summed E-state index contributed by atoms with van der Waals surface area (Å²) >= 11 is 6.06. The van der Waals surface area contributed by atoms with Crippen LogP contribution in [0.25, 0.3) is 0 Å². The van der Waals surface area contributed by atoms with E-state index in [1.165, 1.54) is 29.2 Å². The van der Waals surface area contributed by atoms with Crippen molar-refractivity contribution in [2.75, 3.05) is 4.90 Å². The Morgan fingerprint density at radius 2 is 1.89 bits per heavy atom. The average molecular weight is 388 g/mol. The number of aliphatic hydroxyl groups is 1. The van der Waals surface area contributed by atoms with E-state index in [-0.39, 0.29) is 23.7 Å². The normalized spacial score (nSPS) is 17.1. The molecule has 1 heterocycles. The van der Waals surface area contributed by atoms with E-state index < -0.39 is 23.5 Å². The maximum absolute atomic E-state index is 13.4. The second-order valence-electron chi connectivity index (χ2n) is 6.89. The Hall–Kier alpha value is -2.66. The van der Waals surface area contributed by atoms with Gasteiger partial charge >= 0.3 is 0 Å². The standard InChI is InChI=1S/C21H19ClFNO3/c1-12(2)10-17(25)18-19(13-6-8-15(23)9-7-13)24(21(27)20(18)26)16-5-3-4-14(22)11-16/h3-9,11-12,19,26H,10H2,1-2H3. The van der Waals surface area contributed by atoms with Gasteiger partial charge in [-0.15, -0.1) is 0 Å². The third-order valence-corrected chi connectivity index (χ3v) is 4.61. The summed E-state index contributed by atoms with van der Waals surface area (Å²) < 4.78 is 13.4. The van der Waals surface area contributed by atoms with E-state index in [1.807, 2.05) is 13.8 Å². The van der Waals surface area contributed by atoms with Crippen LogP contribution in [0.1, 0.15) is 31.9 Å². The van der Waals surface area contributed by atoms with Gasteiger partial charge in [0.15, 0.2) is 11.5 Å². The molecule has 140 valence electrons. The van der Waals surface area contributed by atoms with E-state index in [4.69, 9.17) is 11.6 Å². The van der Waals surface area contributed by atoms with Crippen molar-refractivity contribution in [1.29, 1.82) is 0 Å². The van der Waals surface area contributed by atoms with E-state index in [0.29, 0.717) is 16.3 Å². The summed E-state index contributed by atoms with van der Waals surface area (Å²) in [5.41, 5.74) is 1.00. The molecular formula is C21H19ClFNO3. The molecule has 3 rings (SSSR count). The van der Waals surface area contributed by atoms with Gasteiger partial charge in [0, 0.05) is 17.1 Å². The number of halogens is 2. The van der Waals surface area contributed by atoms with Gasteiger partial charge in [0.1, 0.15) is 5.82 Å². The number of ketones is 1. The van der Waals surface area contributed by atoms with Crippen molar-refractivity contribution in [2.24, 2.45) is 5.92 Å². The molecular weight excluding hydrogens is 369 g/mol. The monoisotopic (exact) mass is 387 g/mol. The van der Waals surface area contributed by atoms with Gasteiger partial charge in [0.25, 0.3) is 5.91 Å². The zero-order valence-electron chi connectivity index (χ0n) is 14.9. The minimum Gasteiger partial charge on any atom is -0.503 e. The van der Waals surface area contributed by atoms with E-state index in [0.717, 1.165) is 0 Å². The van der Waals surface area contributed by atoms with E-state index in [2.05, 4.69) is 0 Å². The number of amides is 1.